The molecule has 0 heterocycles. The maximum atomic E-state index is 11.9. The minimum absolute atomic E-state index is 0.180. The lowest BCUT2D eigenvalue weighted by Crippen LogP contribution is -2.38. The van der Waals surface area contributed by atoms with E-state index in [0.29, 0.717) is 0 Å². The molecule has 0 aliphatic rings. The van der Waals surface area contributed by atoms with Crippen LogP contribution in [-0.2, 0) is 23.9 Å². The average Bonchev–Trinajstić information content (AvgIpc) is 2.33. The number of carbonyl (C=O) groups excluding carboxylic acids is 3. The van der Waals surface area contributed by atoms with Gasteiger partial charge >= 0.3 is 5.97 Å². The number of esters is 1. The first-order valence-electron chi connectivity index (χ1n) is 5.49. The first-order chi connectivity index (χ1) is 7.80. The normalized spacial score (nSPS) is 13.0. The Balaban J connectivity index is 4.83. The Hall–Kier alpha value is -1.23. The van der Waals surface area contributed by atoms with Crippen molar-refractivity contribution in [1.82, 2.24) is 0 Å². The summed E-state index contributed by atoms with van der Waals surface area (Å²) in [4.78, 5) is 34.9. The zero-order valence-corrected chi connectivity index (χ0v) is 11.0. The number of ketones is 2. The Morgan fingerprint density at radius 2 is 1.71 bits per heavy atom. The van der Waals surface area contributed by atoms with Gasteiger partial charge in [0.2, 0.25) is 0 Å². The first-order valence-corrected chi connectivity index (χ1v) is 5.49. The number of hydrogen-bond donors (Lipinski definition) is 0. The number of ether oxygens (including phenoxy) is 2. The monoisotopic (exact) mass is 244 g/mol. The average molecular weight is 244 g/mol. The number of hydrogen-bond acceptors (Lipinski definition) is 5. The number of methoxy groups -OCH3 is 2. The molecule has 0 spiro atoms. The first kappa shape index (κ1) is 15.8. The summed E-state index contributed by atoms with van der Waals surface area (Å²) in [5, 5.41) is 0. The predicted octanol–water partition coefficient (Wildman–Crippen LogP) is 1.14. The van der Waals surface area contributed by atoms with Crippen molar-refractivity contribution in [2.24, 2.45) is 5.92 Å². The minimum Gasteiger partial charge on any atom is -0.468 e. The summed E-state index contributed by atoms with van der Waals surface area (Å²) in [7, 11) is 2.61. The van der Waals surface area contributed by atoms with Crippen LogP contribution in [0.15, 0.2) is 0 Å². The quantitative estimate of drug-likeness (QED) is 0.496. The highest BCUT2D eigenvalue weighted by Crippen LogP contribution is 2.18. The van der Waals surface area contributed by atoms with Crippen LogP contribution in [0.1, 0.15) is 33.6 Å². The van der Waals surface area contributed by atoms with Crippen molar-refractivity contribution in [3.05, 3.63) is 0 Å². The van der Waals surface area contributed by atoms with Crippen LogP contribution in [0.25, 0.3) is 0 Å². The van der Waals surface area contributed by atoms with Crippen molar-refractivity contribution < 1.29 is 23.9 Å². The molecule has 0 aromatic heterocycles. The number of carbonyl (C=O) groups is 3. The van der Waals surface area contributed by atoms with E-state index < -0.39 is 17.5 Å². The van der Waals surface area contributed by atoms with Crippen LogP contribution in [0.5, 0.6) is 0 Å². The molecule has 5 nitrogen and oxygen atoms in total. The molecule has 0 aliphatic carbocycles. The Bertz CT molecular complexity index is 290. The third-order valence-electron chi connectivity index (χ3n) is 2.79. The van der Waals surface area contributed by atoms with E-state index in [1.54, 1.807) is 20.8 Å². The van der Waals surface area contributed by atoms with Crippen molar-refractivity contribution in [3.8, 4) is 0 Å². The molecule has 5 heteroatoms. The smallest absolute Gasteiger partial charge is 0.316 e. The van der Waals surface area contributed by atoms with E-state index in [1.165, 1.54) is 14.2 Å². The van der Waals surface area contributed by atoms with Gasteiger partial charge in [-0.1, -0.05) is 6.92 Å². The molecule has 0 aromatic rings. The Kier molecular flexibility index (Phi) is 6.02. The molecule has 1 unspecified atom stereocenters. The zero-order valence-electron chi connectivity index (χ0n) is 11.0. The van der Waals surface area contributed by atoms with E-state index in [0.717, 1.165) is 0 Å². The summed E-state index contributed by atoms with van der Waals surface area (Å²) in [6.45, 7) is 4.84. The van der Waals surface area contributed by atoms with Crippen LogP contribution in [0.4, 0.5) is 0 Å². The lowest BCUT2D eigenvalue weighted by molar-refractivity contribution is -0.153. The Morgan fingerprint density at radius 3 is 2.06 bits per heavy atom. The fourth-order valence-electron chi connectivity index (χ4n) is 1.26. The topological polar surface area (TPSA) is 69.7 Å². The van der Waals surface area contributed by atoms with Crippen LogP contribution >= 0.6 is 0 Å². The molecular weight excluding hydrogens is 224 g/mol. The molecule has 0 rings (SSSR count). The third kappa shape index (κ3) is 4.26. The molecular formula is C12H20O5. The molecule has 17 heavy (non-hydrogen) atoms. The Labute approximate surface area is 101 Å². The molecule has 98 valence electrons. The van der Waals surface area contributed by atoms with Crippen LogP contribution in [0, 0.1) is 5.92 Å². The van der Waals surface area contributed by atoms with Gasteiger partial charge in [0.15, 0.2) is 5.78 Å². The van der Waals surface area contributed by atoms with Gasteiger partial charge in [-0.15, -0.1) is 0 Å². The SMILES string of the molecule is CCC(=O)C(CC(=O)C(C)(C)OC)C(=O)OC. The van der Waals surface area contributed by atoms with Gasteiger partial charge in [-0.3, -0.25) is 14.4 Å². The summed E-state index contributed by atoms with van der Waals surface area (Å²) in [6.07, 6.45) is 0.0145. The highest BCUT2D eigenvalue weighted by molar-refractivity contribution is 6.03. The Morgan fingerprint density at radius 1 is 1.18 bits per heavy atom. The second-order valence-electron chi connectivity index (χ2n) is 4.24. The van der Waals surface area contributed by atoms with E-state index in [1.807, 2.05) is 0 Å². The summed E-state index contributed by atoms with van der Waals surface area (Å²) in [6, 6.07) is 0. The second kappa shape index (κ2) is 6.49. The van der Waals surface area contributed by atoms with Gasteiger partial charge in [-0.2, -0.15) is 0 Å². The molecule has 0 saturated carbocycles. The molecule has 1 atom stereocenters. The maximum Gasteiger partial charge on any atom is 0.316 e. The molecule has 0 radical (unpaired) electrons. The summed E-state index contributed by atoms with van der Waals surface area (Å²) in [5.41, 5.74) is -1.000. The van der Waals surface area contributed by atoms with E-state index in [9.17, 15) is 14.4 Å². The molecule has 0 aliphatic heterocycles. The van der Waals surface area contributed by atoms with E-state index in [4.69, 9.17) is 4.74 Å². The highest BCUT2D eigenvalue weighted by Gasteiger charge is 2.35. The van der Waals surface area contributed by atoms with Crippen molar-refractivity contribution in [2.75, 3.05) is 14.2 Å². The molecule has 0 bridgehead atoms. The van der Waals surface area contributed by atoms with Crippen molar-refractivity contribution >= 4 is 17.5 Å². The van der Waals surface area contributed by atoms with Gasteiger partial charge in [-0.05, 0) is 13.8 Å². The lowest BCUT2D eigenvalue weighted by Gasteiger charge is -2.23. The van der Waals surface area contributed by atoms with Gasteiger partial charge in [0.05, 0.1) is 7.11 Å². The minimum atomic E-state index is -1.02. The van der Waals surface area contributed by atoms with E-state index >= 15 is 0 Å². The van der Waals surface area contributed by atoms with Crippen molar-refractivity contribution in [2.45, 2.75) is 39.2 Å². The lowest BCUT2D eigenvalue weighted by atomic mass is 9.90. The van der Waals surface area contributed by atoms with Crippen molar-refractivity contribution in [3.63, 3.8) is 0 Å². The molecule has 0 saturated heterocycles. The predicted molar refractivity (Wildman–Crippen MR) is 61.5 cm³/mol. The van der Waals surface area contributed by atoms with Crippen LogP contribution in [0.3, 0.4) is 0 Å². The summed E-state index contributed by atoms with van der Waals surface area (Å²) in [5.74, 6) is -2.28. The second-order valence-corrected chi connectivity index (χ2v) is 4.24. The summed E-state index contributed by atoms with van der Waals surface area (Å²) < 4.78 is 9.54. The standard InChI is InChI=1S/C12H20O5/c1-6-9(13)8(11(15)16-4)7-10(14)12(2,3)17-5/h8H,6-7H2,1-5H3. The third-order valence-corrected chi connectivity index (χ3v) is 2.79. The van der Waals surface area contributed by atoms with E-state index in [-0.39, 0.29) is 24.4 Å². The number of rotatable bonds is 7. The highest BCUT2D eigenvalue weighted by atomic mass is 16.5. The van der Waals surface area contributed by atoms with Crippen LogP contribution in [-0.4, -0.2) is 37.4 Å². The molecule has 0 amide bonds. The maximum absolute atomic E-state index is 11.9. The fourth-order valence-corrected chi connectivity index (χ4v) is 1.26. The van der Waals surface area contributed by atoms with Gasteiger partial charge < -0.3 is 9.47 Å². The fraction of sp³-hybridized carbons (Fsp3) is 0.750. The molecule has 0 aromatic carbocycles. The van der Waals surface area contributed by atoms with Crippen LogP contribution in [0.2, 0.25) is 0 Å². The summed E-state index contributed by atoms with van der Waals surface area (Å²) >= 11 is 0. The van der Waals surface area contributed by atoms with Crippen LogP contribution < -0.4 is 0 Å². The van der Waals surface area contributed by atoms with Crippen molar-refractivity contribution in [1.29, 1.82) is 0 Å². The molecule has 0 N–H and O–H groups in total. The van der Waals surface area contributed by atoms with Gasteiger partial charge in [0.25, 0.3) is 0 Å². The molecule has 0 fully saturated rings. The number of Topliss-reactive ketones (excluding diaryl/α,β-unsaturated/α-hetero) is 2. The largest absolute Gasteiger partial charge is 0.468 e. The van der Waals surface area contributed by atoms with Gasteiger partial charge in [-0.25, -0.2) is 0 Å². The van der Waals surface area contributed by atoms with Gasteiger partial charge in [0.1, 0.15) is 17.3 Å². The zero-order chi connectivity index (χ0) is 13.6. The van der Waals surface area contributed by atoms with Gasteiger partial charge in [0, 0.05) is 20.0 Å². The van der Waals surface area contributed by atoms with E-state index in [2.05, 4.69) is 4.74 Å².